The Balaban J connectivity index is 2.18. The quantitative estimate of drug-likeness (QED) is 0.737. The SMILES string of the molecule is CC(C)(C)c1ccc(C23OC(=O)C(C)(C)C2OC(=O)C3(C)C)cc1. The molecule has 0 spiro atoms. The van der Waals surface area contributed by atoms with Crippen LogP contribution in [0.5, 0.6) is 0 Å². The summed E-state index contributed by atoms with van der Waals surface area (Å²) in [4.78, 5) is 25.0. The zero-order valence-corrected chi connectivity index (χ0v) is 15.5. The second-order valence-corrected chi connectivity index (χ2v) is 9.08. The van der Waals surface area contributed by atoms with Crippen LogP contribution >= 0.6 is 0 Å². The largest absolute Gasteiger partial charge is 0.456 e. The number of carbonyl (C=O) groups excluding carboxylic acids is 2. The highest BCUT2D eigenvalue weighted by atomic mass is 16.6. The number of benzene rings is 1. The van der Waals surface area contributed by atoms with E-state index in [1.54, 1.807) is 27.7 Å². The summed E-state index contributed by atoms with van der Waals surface area (Å²) in [5.41, 5.74) is -0.864. The molecule has 0 aromatic heterocycles. The Labute approximate surface area is 143 Å². The van der Waals surface area contributed by atoms with Gasteiger partial charge in [0.1, 0.15) is 10.8 Å². The second kappa shape index (κ2) is 4.62. The molecule has 2 saturated heterocycles. The van der Waals surface area contributed by atoms with E-state index in [1.165, 1.54) is 5.56 Å². The van der Waals surface area contributed by atoms with Gasteiger partial charge in [-0.05, 0) is 38.7 Å². The van der Waals surface area contributed by atoms with Crippen molar-refractivity contribution in [1.29, 1.82) is 0 Å². The van der Waals surface area contributed by atoms with Crippen LogP contribution in [0.1, 0.15) is 59.6 Å². The monoisotopic (exact) mass is 330 g/mol. The zero-order chi connectivity index (χ0) is 18.1. The molecule has 0 radical (unpaired) electrons. The molecule has 2 aliphatic rings. The maximum Gasteiger partial charge on any atom is 0.316 e. The van der Waals surface area contributed by atoms with Crippen molar-refractivity contribution in [3.8, 4) is 0 Å². The number of carbonyl (C=O) groups is 2. The van der Waals surface area contributed by atoms with E-state index in [-0.39, 0.29) is 17.4 Å². The molecule has 0 saturated carbocycles. The summed E-state index contributed by atoms with van der Waals surface area (Å²) in [6.45, 7) is 13.6. The maximum atomic E-state index is 12.5. The molecule has 2 atom stereocenters. The minimum atomic E-state index is -1.08. The van der Waals surface area contributed by atoms with Crippen LogP contribution in [0.4, 0.5) is 0 Å². The van der Waals surface area contributed by atoms with Crippen LogP contribution < -0.4 is 0 Å². The highest BCUT2D eigenvalue weighted by Gasteiger charge is 2.75. The van der Waals surface area contributed by atoms with Gasteiger partial charge >= 0.3 is 11.9 Å². The van der Waals surface area contributed by atoms with Crippen molar-refractivity contribution in [3.05, 3.63) is 35.4 Å². The third-order valence-electron chi connectivity index (χ3n) is 5.65. The number of hydrogen-bond donors (Lipinski definition) is 0. The molecule has 0 amide bonds. The zero-order valence-electron chi connectivity index (χ0n) is 15.5. The molecule has 3 rings (SSSR count). The van der Waals surface area contributed by atoms with Crippen molar-refractivity contribution < 1.29 is 19.1 Å². The van der Waals surface area contributed by atoms with Crippen LogP contribution in [-0.2, 0) is 30.1 Å². The third-order valence-corrected chi connectivity index (χ3v) is 5.65. The van der Waals surface area contributed by atoms with Gasteiger partial charge in [0.2, 0.25) is 0 Å². The van der Waals surface area contributed by atoms with Gasteiger partial charge in [0.25, 0.3) is 0 Å². The van der Waals surface area contributed by atoms with E-state index in [0.717, 1.165) is 5.56 Å². The average Bonchev–Trinajstić information content (AvgIpc) is 2.80. The van der Waals surface area contributed by atoms with E-state index < -0.39 is 22.5 Å². The van der Waals surface area contributed by atoms with Gasteiger partial charge in [0.15, 0.2) is 11.7 Å². The van der Waals surface area contributed by atoms with Crippen molar-refractivity contribution >= 4 is 11.9 Å². The maximum absolute atomic E-state index is 12.5. The summed E-state index contributed by atoms with van der Waals surface area (Å²) < 4.78 is 11.6. The van der Waals surface area contributed by atoms with E-state index in [4.69, 9.17) is 9.47 Å². The molecule has 0 aliphatic carbocycles. The van der Waals surface area contributed by atoms with E-state index in [1.807, 2.05) is 24.3 Å². The van der Waals surface area contributed by atoms with Gasteiger partial charge in [0.05, 0.1) is 0 Å². The fourth-order valence-corrected chi connectivity index (χ4v) is 3.83. The van der Waals surface area contributed by atoms with E-state index in [0.29, 0.717) is 0 Å². The smallest absolute Gasteiger partial charge is 0.316 e. The number of esters is 2. The molecule has 4 nitrogen and oxygen atoms in total. The van der Waals surface area contributed by atoms with Gasteiger partial charge in [-0.25, -0.2) is 0 Å². The lowest BCUT2D eigenvalue weighted by molar-refractivity contribution is -0.166. The Morgan fingerprint density at radius 1 is 0.917 bits per heavy atom. The molecule has 2 heterocycles. The fraction of sp³-hybridized carbons (Fsp3) is 0.600. The summed E-state index contributed by atoms with van der Waals surface area (Å²) in [6, 6.07) is 8.01. The third kappa shape index (κ3) is 1.92. The van der Waals surface area contributed by atoms with Crippen molar-refractivity contribution in [1.82, 2.24) is 0 Å². The molecule has 2 fully saturated rings. The molecule has 0 bridgehead atoms. The van der Waals surface area contributed by atoms with Crippen molar-refractivity contribution in [2.45, 2.75) is 65.6 Å². The van der Waals surface area contributed by atoms with Gasteiger partial charge in [-0.1, -0.05) is 45.0 Å². The summed E-state index contributed by atoms with van der Waals surface area (Å²) in [5, 5.41) is 0. The van der Waals surface area contributed by atoms with Gasteiger partial charge in [-0.15, -0.1) is 0 Å². The van der Waals surface area contributed by atoms with Gasteiger partial charge in [-0.2, -0.15) is 0 Å². The van der Waals surface area contributed by atoms with Gasteiger partial charge < -0.3 is 9.47 Å². The molecule has 24 heavy (non-hydrogen) atoms. The van der Waals surface area contributed by atoms with E-state index >= 15 is 0 Å². The van der Waals surface area contributed by atoms with Crippen LogP contribution in [0.15, 0.2) is 24.3 Å². The first kappa shape index (κ1) is 17.0. The molecule has 2 aliphatic heterocycles. The summed E-state index contributed by atoms with van der Waals surface area (Å²) in [7, 11) is 0. The number of ether oxygens (including phenoxy) is 2. The lowest BCUT2D eigenvalue weighted by atomic mass is 9.66. The Kier molecular flexibility index (Phi) is 3.27. The molecule has 4 heteroatoms. The normalized spacial score (nSPS) is 30.7. The summed E-state index contributed by atoms with van der Waals surface area (Å²) >= 11 is 0. The second-order valence-electron chi connectivity index (χ2n) is 9.08. The molecular formula is C20H26O4. The van der Waals surface area contributed by atoms with Crippen LogP contribution in [0.25, 0.3) is 0 Å². The Hall–Kier alpha value is -1.84. The highest BCUT2D eigenvalue weighted by Crippen LogP contribution is 2.61. The Morgan fingerprint density at radius 3 is 1.96 bits per heavy atom. The Bertz CT molecular complexity index is 704. The average molecular weight is 330 g/mol. The lowest BCUT2D eigenvalue weighted by Crippen LogP contribution is -2.47. The lowest BCUT2D eigenvalue weighted by Gasteiger charge is -2.36. The Morgan fingerprint density at radius 2 is 1.46 bits per heavy atom. The number of hydrogen-bond acceptors (Lipinski definition) is 4. The molecule has 130 valence electrons. The first-order valence-corrected chi connectivity index (χ1v) is 8.41. The minimum absolute atomic E-state index is 0.0265. The van der Waals surface area contributed by atoms with Crippen LogP contribution in [0.3, 0.4) is 0 Å². The highest BCUT2D eigenvalue weighted by molar-refractivity contribution is 5.89. The predicted molar refractivity (Wildman–Crippen MR) is 90.4 cm³/mol. The number of rotatable bonds is 1. The van der Waals surface area contributed by atoms with E-state index in [2.05, 4.69) is 20.8 Å². The predicted octanol–water partition coefficient (Wildman–Crippen LogP) is 3.71. The van der Waals surface area contributed by atoms with E-state index in [9.17, 15) is 9.59 Å². The van der Waals surface area contributed by atoms with Crippen LogP contribution in [0.2, 0.25) is 0 Å². The van der Waals surface area contributed by atoms with Crippen molar-refractivity contribution in [3.63, 3.8) is 0 Å². The van der Waals surface area contributed by atoms with Crippen molar-refractivity contribution in [2.24, 2.45) is 10.8 Å². The summed E-state index contributed by atoms with van der Waals surface area (Å²) in [5.74, 6) is -0.652. The van der Waals surface area contributed by atoms with Gasteiger partial charge in [-0.3, -0.25) is 9.59 Å². The first-order valence-electron chi connectivity index (χ1n) is 8.41. The molecule has 2 unspecified atom stereocenters. The van der Waals surface area contributed by atoms with Crippen LogP contribution in [0, 0.1) is 10.8 Å². The van der Waals surface area contributed by atoms with Gasteiger partial charge in [0, 0.05) is 5.56 Å². The van der Waals surface area contributed by atoms with Crippen molar-refractivity contribution in [2.75, 3.05) is 0 Å². The fourth-order valence-electron chi connectivity index (χ4n) is 3.83. The molecular weight excluding hydrogens is 304 g/mol. The molecule has 1 aromatic rings. The molecule has 0 N–H and O–H groups in total. The van der Waals surface area contributed by atoms with Crippen LogP contribution in [-0.4, -0.2) is 18.0 Å². The number of fused-ring (bicyclic) bond motifs is 1. The topological polar surface area (TPSA) is 52.6 Å². The first-order chi connectivity index (χ1) is 10.8. The summed E-state index contributed by atoms with van der Waals surface area (Å²) in [6.07, 6.45) is -0.625. The molecule has 1 aromatic carbocycles. The standard InChI is InChI=1S/C20H26O4/c1-17(2,3)12-8-10-13(11-9-12)20-14(18(4,5)15(21)24-20)23-16(22)19(20,6)7/h8-11,14H,1-7H3. The minimum Gasteiger partial charge on any atom is -0.456 e.